The van der Waals surface area contributed by atoms with Gasteiger partial charge in [0.2, 0.25) is 0 Å². The molecular formula is C29H28F2N2O2. The van der Waals surface area contributed by atoms with Crippen LogP contribution in [-0.4, -0.2) is 15.3 Å². The molecule has 0 radical (unpaired) electrons. The molecule has 0 atom stereocenters. The fourth-order valence-electron chi connectivity index (χ4n) is 5.51. The minimum Gasteiger partial charge on any atom is -0.310 e. The Morgan fingerprint density at radius 2 is 1.86 bits per heavy atom. The van der Waals surface area contributed by atoms with Crippen LogP contribution >= 0.6 is 0 Å². The van der Waals surface area contributed by atoms with Gasteiger partial charge >= 0.3 is 0 Å². The molecule has 1 fully saturated rings. The summed E-state index contributed by atoms with van der Waals surface area (Å²) >= 11 is 0. The van der Waals surface area contributed by atoms with Gasteiger partial charge in [-0.15, -0.1) is 0 Å². The topological polar surface area (TPSA) is 52.0 Å². The van der Waals surface area contributed by atoms with Gasteiger partial charge in [-0.25, -0.2) is 8.78 Å². The average Bonchev–Trinajstić information content (AvgIpc) is 3.31. The molecule has 0 amide bonds. The third-order valence-corrected chi connectivity index (χ3v) is 7.44. The number of rotatable bonds is 7. The Morgan fingerprint density at radius 3 is 2.66 bits per heavy atom. The molecule has 0 unspecified atom stereocenters. The number of hydrogen-bond donors (Lipinski definition) is 0. The molecule has 0 saturated heterocycles. The number of pyridine rings is 2. The number of carbonyl (C=O) groups excluding carboxylic acids is 1. The first-order valence-electron chi connectivity index (χ1n) is 12.3. The molecule has 0 aliphatic heterocycles. The second-order valence-corrected chi connectivity index (χ2v) is 9.64. The molecular weight excluding hydrogens is 446 g/mol. The summed E-state index contributed by atoms with van der Waals surface area (Å²) in [6.45, 7) is 0.0790. The van der Waals surface area contributed by atoms with Crippen LogP contribution in [-0.2, 0) is 13.0 Å². The van der Waals surface area contributed by atoms with Crippen molar-refractivity contribution < 1.29 is 13.6 Å². The van der Waals surface area contributed by atoms with E-state index in [1.54, 1.807) is 18.3 Å². The molecule has 2 aliphatic rings. The molecule has 5 rings (SSSR count). The Labute approximate surface area is 203 Å². The second kappa shape index (κ2) is 10.1. The predicted molar refractivity (Wildman–Crippen MR) is 131 cm³/mol. The van der Waals surface area contributed by atoms with Gasteiger partial charge in [0.05, 0.1) is 17.8 Å². The first kappa shape index (κ1) is 23.3. The molecule has 2 heterocycles. The summed E-state index contributed by atoms with van der Waals surface area (Å²) in [5.41, 5.74) is 4.13. The van der Waals surface area contributed by atoms with Crippen LogP contribution in [0.2, 0.25) is 0 Å². The summed E-state index contributed by atoms with van der Waals surface area (Å²) in [4.78, 5) is 30.2. The van der Waals surface area contributed by atoms with Gasteiger partial charge in [-0.05, 0) is 91.0 Å². The number of benzene rings is 1. The standard InChI is InChI=1S/C29H28F2N2O2/c30-25-12-7-20(17-26(25)31)18-33-16-2-4-24(29(33)35)28(34)14-8-19-5-9-21(10-6-19)22-11-13-27-23(22)3-1-15-32-27/h1-4,7,11-12,15-17,19,21H,5-6,8-10,13-14,18H2. The smallest absolute Gasteiger partial charge is 0.261 e. The molecule has 1 aromatic carbocycles. The van der Waals surface area contributed by atoms with E-state index in [9.17, 15) is 18.4 Å². The number of aromatic nitrogens is 2. The Hall–Kier alpha value is -3.41. The predicted octanol–water partition coefficient (Wildman–Crippen LogP) is 5.98. The molecule has 6 heteroatoms. The number of ketones is 1. The van der Waals surface area contributed by atoms with Gasteiger partial charge < -0.3 is 4.57 Å². The molecule has 180 valence electrons. The first-order chi connectivity index (χ1) is 17.0. The Balaban J connectivity index is 1.16. The van der Waals surface area contributed by atoms with Gasteiger partial charge in [0.15, 0.2) is 17.4 Å². The van der Waals surface area contributed by atoms with E-state index >= 15 is 0 Å². The van der Waals surface area contributed by atoms with Crippen molar-refractivity contribution in [3.63, 3.8) is 0 Å². The second-order valence-electron chi connectivity index (χ2n) is 9.64. The molecule has 0 bridgehead atoms. The van der Waals surface area contributed by atoms with Gasteiger partial charge in [0.1, 0.15) is 0 Å². The third kappa shape index (κ3) is 5.02. The van der Waals surface area contributed by atoms with Gasteiger partial charge in [0.25, 0.3) is 5.56 Å². The Bertz CT molecular complexity index is 1340. The van der Waals surface area contributed by atoms with E-state index in [4.69, 9.17) is 0 Å². The van der Waals surface area contributed by atoms with E-state index in [2.05, 4.69) is 17.1 Å². The zero-order valence-electron chi connectivity index (χ0n) is 19.6. The lowest BCUT2D eigenvalue weighted by atomic mass is 9.76. The molecule has 0 N–H and O–H groups in total. The molecule has 2 aliphatic carbocycles. The highest BCUT2D eigenvalue weighted by Gasteiger charge is 2.28. The van der Waals surface area contributed by atoms with Crippen LogP contribution in [0.25, 0.3) is 5.57 Å². The van der Waals surface area contributed by atoms with Gasteiger partial charge in [-0.1, -0.05) is 18.2 Å². The number of Topliss-reactive ketones (excluding diaryl/α,β-unsaturated/α-hetero) is 1. The maximum atomic E-state index is 13.5. The van der Waals surface area contributed by atoms with Gasteiger partial charge in [0, 0.05) is 25.2 Å². The van der Waals surface area contributed by atoms with E-state index in [-0.39, 0.29) is 17.9 Å². The Kier molecular flexibility index (Phi) is 6.71. The average molecular weight is 475 g/mol. The number of fused-ring (bicyclic) bond motifs is 1. The number of halogens is 2. The highest BCUT2D eigenvalue weighted by atomic mass is 19.2. The van der Waals surface area contributed by atoms with Crippen molar-refractivity contribution in [1.82, 2.24) is 9.55 Å². The number of carbonyl (C=O) groups is 1. The minimum atomic E-state index is -0.956. The monoisotopic (exact) mass is 474 g/mol. The van der Waals surface area contributed by atoms with Gasteiger partial charge in [-0.3, -0.25) is 14.6 Å². The zero-order chi connectivity index (χ0) is 24.4. The van der Waals surface area contributed by atoms with E-state index in [0.29, 0.717) is 23.8 Å². The normalized spacial score (nSPS) is 19.3. The first-order valence-corrected chi connectivity index (χ1v) is 12.3. The summed E-state index contributed by atoms with van der Waals surface area (Å²) in [5, 5.41) is 0. The molecule has 2 aromatic heterocycles. The van der Waals surface area contributed by atoms with E-state index in [1.165, 1.54) is 27.5 Å². The maximum Gasteiger partial charge on any atom is 0.261 e. The number of hydrogen-bond acceptors (Lipinski definition) is 3. The van der Waals surface area contributed by atoms with Crippen molar-refractivity contribution in [1.29, 1.82) is 0 Å². The number of allylic oxidation sites excluding steroid dienone is 2. The van der Waals surface area contributed by atoms with Crippen molar-refractivity contribution in [2.24, 2.45) is 11.8 Å². The number of nitrogens with zero attached hydrogens (tertiary/aromatic N) is 2. The summed E-state index contributed by atoms with van der Waals surface area (Å²) in [6.07, 6.45) is 12.2. The lowest BCUT2D eigenvalue weighted by Gasteiger charge is -2.29. The fourth-order valence-corrected chi connectivity index (χ4v) is 5.51. The van der Waals surface area contributed by atoms with Crippen LogP contribution in [0.3, 0.4) is 0 Å². The summed E-state index contributed by atoms with van der Waals surface area (Å²) in [6, 6.07) is 10.9. The third-order valence-electron chi connectivity index (χ3n) is 7.44. The highest BCUT2D eigenvalue weighted by Crippen LogP contribution is 2.42. The lowest BCUT2D eigenvalue weighted by Crippen LogP contribution is -2.26. The summed E-state index contributed by atoms with van der Waals surface area (Å²) in [7, 11) is 0. The van der Waals surface area contributed by atoms with Crippen molar-refractivity contribution in [2.45, 2.75) is 51.5 Å². The molecule has 1 saturated carbocycles. The van der Waals surface area contributed by atoms with Crippen molar-refractivity contribution >= 4 is 11.4 Å². The molecule has 0 spiro atoms. The molecule has 3 aromatic rings. The lowest BCUT2D eigenvalue weighted by molar-refractivity contribution is 0.0967. The Morgan fingerprint density at radius 1 is 1.03 bits per heavy atom. The minimum absolute atomic E-state index is 0.0790. The van der Waals surface area contributed by atoms with Crippen molar-refractivity contribution in [2.75, 3.05) is 0 Å². The van der Waals surface area contributed by atoms with E-state index < -0.39 is 17.2 Å². The zero-order valence-corrected chi connectivity index (χ0v) is 19.6. The van der Waals surface area contributed by atoms with Crippen LogP contribution in [0.5, 0.6) is 0 Å². The van der Waals surface area contributed by atoms with E-state index in [1.807, 2.05) is 12.3 Å². The molecule has 4 nitrogen and oxygen atoms in total. The quantitative estimate of drug-likeness (QED) is 0.396. The largest absolute Gasteiger partial charge is 0.310 e. The summed E-state index contributed by atoms with van der Waals surface area (Å²) < 4.78 is 28.1. The van der Waals surface area contributed by atoms with Crippen LogP contribution < -0.4 is 5.56 Å². The fraction of sp³-hybridized carbons (Fsp3) is 0.345. The van der Waals surface area contributed by atoms with Crippen LogP contribution in [0, 0.1) is 23.5 Å². The van der Waals surface area contributed by atoms with E-state index in [0.717, 1.165) is 50.7 Å². The van der Waals surface area contributed by atoms with Crippen LogP contribution in [0.4, 0.5) is 8.78 Å². The van der Waals surface area contributed by atoms with Crippen molar-refractivity contribution in [3.8, 4) is 0 Å². The van der Waals surface area contributed by atoms with Crippen LogP contribution in [0.15, 0.2) is 65.7 Å². The van der Waals surface area contributed by atoms with Crippen molar-refractivity contribution in [3.05, 3.63) is 105 Å². The summed E-state index contributed by atoms with van der Waals surface area (Å²) in [5.74, 6) is -0.998. The van der Waals surface area contributed by atoms with Crippen LogP contribution in [0.1, 0.15) is 65.7 Å². The van der Waals surface area contributed by atoms with Gasteiger partial charge in [-0.2, -0.15) is 0 Å². The SMILES string of the molecule is O=C(CCC1CCC(C2=CCc3ncccc32)CC1)c1cccn(Cc2ccc(F)c(F)c2)c1=O. The maximum absolute atomic E-state index is 13.5. The molecule has 35 heavy (non-hydrogen) atoms. The highest BCUT2D eigenvalue weighted by molar-refractivity contribution is 5.95.